The quantitative estimate of drug-likeness (QED) is 0.361. The van der Waals surface area contributed by atoms with Crippen LogP contribution in [0.4, 0.5) is 0 Å². The van der Waals surface area contributed by atoms with Gasteiger partial charge in [0.25, 0.3) is 0 Å². The van der Waals surface area contributed by atoms with Crippen LogP contribution in [0.15, 0.2) is 0 Å². The number of carbonyl (C=O) groups is 3. The van der Waals surface area contributed by atoms with Crippen LogP contribution >= 0.6 is 0 Å². The highest BCUT2D eigenvalue weighted by Crippen LogP contribution is 2.01. The molecular weight excluding hydrogens is 244 g/mol. The summed E-state index contributed by atoms with van der Waals surface area (Å²) in [6.45, 7) is 0.286. The Kier molecular flexibility index (Phi) is 7.64. The van der Waals surface area contributed by atoms with Crippen molar-refractivity contribution >= 4 is 17.8 Å². The maximum atomic E-state index is 11.5. The summed E-state index contributed by atoms with van der Waals surface area (Å²) in [4.78, 5) is 33.0. The first-order valence-corrected chi connectivity index (χ1v) is 5.37. The Morgan fingerprint density at radius 1 is 1.39 bits per heavy atom. The SMILES string of the molecule is CC(=O)N[C@@H](CCC(N)=O)C(=O)OCC(O)CO. The fourth-order valence-electron chi connectivity index (χ4n) is 1.11. The molecule has 0 saturated heterocycles. The third-order valence-corrected chi connectivity index (χ3v) is 1.97. The standard InChI is InChI=1S/C10H18N2O6/c1-6(14)12-8(2-3-9(11)16)10(17)18-5-7(15)4-13/h7-8,13,15H,2-5H2,1H3,(H2,11,16)(H,12,14)/t7?,8-/m0/s1. The Hall–Kier alpha value is -1.67. The summed E-state index contributed by atoms with van der Waals surface area (Å²) in [5.41, 5.74) is 4.94. The normalized spacial score (nSPS) is 13.5. The molecule has 0 spiro atoms. The molecule has 0 aliphatic heterocycles. The second-order valence-electron chi connectivity index (χ2n) is 3.72. The maximum Gasteiger partial charge on any atom is 0.328 e. The average Bonchev–Trinajstić information content (AvgIpc) is 2.30. The van der Waals surface area contributed by atoms with E-state index in [0.717, 1.165) is 0 Å². The fourth-order valence-corrected chi connectivity index (χ4v) is 1.11. The molecular formula is C10H18N2O6. The van der Waals surface area contributed by atoms with Gasteiger partial charge in [0.05, 0.1) is 6.61 Å². The number of primary amides is 1. The van der Waals surface area contributed by atoms with Crippen LogP contribution in [0.5, 0.6) is 0 Å². The number of aliphatic hydroxyl groups is 2. The minimum absolute atomic E-state index is 0.0168. The van der Waals surface area contributed by atoms with Gasteiger partial charge in [-0.1, -0.05) is 0 Å². The first kappa shape index (κ1) is 16.3. The topological polar surface area (TPSA) is 139 Å². The third-order valence-electron chi connectivity index (χ3n) is 1.97. The molecule has 0 aliphatic rings. The summed E-state index contributed by atoms with van der Waals surface area (Å²) in [5, 5.41) is 19.8. The Balaban J connectivity index is 4.30. The van der Waals surface area contributed by atoms with Gasteiger partial charge in [0.2, 0.25) is 11.8 Å². The summed E-state index contributed by atoms with van der Waals surface area (Å²) >= 11 is 0. The summed E-state index contributed by atoms with van der Waals surface area (Å²) in [5.74, 6) is -1.85. The molecule has 0 radical (unpaired) electrons. The minimum Gasteiger partial charge on any atom is -0.461 e. The number of hydrogen-bond donors (Lipinski definition) is 4. The number of nitrogens with two attached hydrogens (primary N) is 1. The largest absolute Gasteiger partial charge is 0.461 e. The maximum absolute atomic E-state index is 11.5. The van der Waals surface area contributed by atoms with Crippen molar-refractivity contribution in [3.63, 3.8) is 0 Å². The number of ether oxygens (including phenoxy) is 1. The van der Waals surface area contributed by atoms with Crippen molar-refractivity contribution in [2.45, 2.75) is 31.9 Å². The zero-order valence-corrected chi connectivity index (χ0v) is 10.1. The van der Waals surface area contributed by atoms with E-state index >= 15 is 0 Å². The second kappa shape index (κ2) is 8.43. The van der Waals surface area contributed by atoms with E-state index in [-0.39, 0.29) is 19.4 Å². The van der Waals surface area contributed by atoms with E-state index in [9.17, 15) is 14.4 Å². The van der Waals surface area contributed by atoms with Crippen LogP contribution in [0.25, 0.3) is 0 Å². The predicted octanol–water partition coefficient (Wildman–Crippen LogP) is -2.35. The zero-order chi connectivity index (χ0) is 14.1. The van der Waals surface area contributed by atoms with Gasteiger partial charge in [-0.15, -0.1) is 0 Å². The number of rotatable bonds is 8. The molecule has 104 valence electrons. The van der Waals surface area contributed by atoms with Crippen molar-refractivity contribution in [2.24, 2.45) is 5.73 Å². The minimum atomic E-state index is -1.18. The monoisotopic (exact) mass is 262 g/mol. The van der Waals surface area contributed by atoms with Crippen molar-refractivity contribution in [3.8, 4) is 0 Å². The van der Waals surface area contributed by atoms with E-state index in [0.29, 0.717) is 0 Å². The molecule has 5 N–H and O–H groups in total. The summed E-state index contributed by atoms with van der Waals surface area (Å²) < 4.78 is 4.67. The molecule has 8 nitrogen and oxygen atoms in total. The molecule has 0 fully saturated rings. The Labute approximate surface area is 104 Å². The predicted molar refractivity (Wildman–Crippen MR) is 60.1 cm³/mol. The molecule has 2 atom stereocenters. The van der Waals surface area contributed by atoms with Gasteiger partial charge in [0, 0.05) is 13.3 Å². The van der Waals surface area contributed by atoms with Gasteiger partial charge in [-0.2, -0.15) is 0 Å². The number of aliphatic hydroxyl groups excluding tert-OH is 2. The fraction of sp³-hybridized carbons (Fsp3) is 0.700. The molecule has 0 aromatic rings. The lowest BCUT2D eigenvalue weighted by Gasteiger charge is -2.17. The van der Waals surface area contributed by atoms with Gasteiger partial charge in [-0.3, -0.25) is 9.59 Å². The molecule has 1 unspecified atom stereocenters. The van der Waals surface area contributed by atoms with E-state index < -0.39 is 36.5 Å². The number of esters is 1. The average molecular weight is 262 g/mol. The molecule has 0 saturated carbocycles. The van der Waals surface area contributed by atoms with Crippen molar-refractivity contribution in [3.05, 3.63) is 0 Å². The van der Waals surface area contributed by atoms with E-state index in [4.69, 9.17) is 15.9 Å². The zero-order valence-electron chi connectivity index (χ0n) is 10.1. The number of amides is 2. The third kappa shape index (κ3) is 7.58. The van der Waals surface area contributed by atoms with Crippen LogP contribution in [0.1, 0.15) is 19.8 Å². The van der Waals surface area contributed by atoms with Gasteiger partial charge in [-0.25, -0.2) is 4.79 Å². The van der Waals surface area contributed by atoms with Crippen molar-refractivity contribution < 1.29 is 29.3 Å². The van der Waals surface area contributed by atoms with Crippen molar-refractivity contribution in [1.29, 1.82) is 0 Å². The highest BCUT2D eigenvalue weighted by atomic mass is 16.5. The lowest BCUT2D eigenvalue weighted by molar-refractivity contribution is -0.151. The summed E-state index contributed by atoms with van der Waals surface area (Å²) in [7, 11) is 0. The highest BCUT2D eigenvalue weighted by Gasteiger charge is 2.22. The van der Waals surface area contributed by atoms with Crippen LogP contribution in [0, 0.1) is 0 Å². The molecule has 2 amide bonds. The first-order chi connectivity index (χ1) is 8.36. The van der Waals surface area contributed by atoms with Crippen LogP contribution in [-0.4, -0.2) is 53.4 Å². The number of carbonyl (C=O) groups excluding carboxylic acids is 3. The smallest absolute Gasteiger partial charge is 0.328 e. The summed E-state index contributed by atoms with van der Waals surface area (Å²) in [6, 6.07) is -0.999. The molecule has 0 aromatic heterocycles. The number of hydrogen-bond acceptors (Lipinski definition) is 6. The van der Waals surface area contributed by atoms with Crippen LogP contribution in [0.2, 0.25) is 0 Å². The second-order valence-corrected chi connectivity index (χ2v) is 3.72. The van der Waals surface area contributed by atoms with Gasteiger partial charge < -0.3 is 26.0 Å². The van der Waals surface area contributed by atoms with Crippen LogP contribution in [0.3, 0.4) is 0 Å². The Bertz CT molecular complexity index is 307. The Morgan fingerprint density at radius 3 is 2.44 bits per heavy atom. The lowest BCUT2D eigenvalue weighted by atomic mass is 10.1. The van der Waals surface area contributed by atoms with Crippen molar-refractivity contribution in [2.75, 3.05) is 13.2 Å². The molecule has 0 rings (SSSR count). The molecule has 8 heteroatoms. The number of nitrogens with one attached hydrogen (secondary N) is 1. The van der Waals surface area contributed by atoms with E-state index in [1.165, 1.54) is 6.92 Å². The van der Waals surface area contributed by atoms with Crippen LogP contribution < -0.4 is 11.1 Å². The molecule has 18 heavy (non-hydrogen) atoms. The van der Waals surface area contributed by atoms with Crippen LogP contribution in [-0.2, 0) is 19.1 Å². The van der Waals surface area contributed by atoms with Gasteiger partial charge >= 0.3 is 5.97 Å². The lowest BCUT2D eigenvalue weighted by Crippen LogP contribution is -2.42. The first-order valence-electron chi connectivity index (χ1n) is 5.37. The molecule has 0 aliphatic carbocycles. The van der Waals surface area contributed by atoms with Crippen molar-refractivity contribution in [1.82, 2.24) is 5.32 Å². The van der Waals surface area contributed by atoms with E-state index in [1.54, 1.807) is 0 Å². The van der Waals surface area contributed by atoms with Gasteiger partial charge in [0.1, 0.15) is 18.8 Å². The van der Waals surface area contributed by atoms with Gasteiger partial charge in [-0.05, 0) is 6.42 Å². The Morgan fingerprint density at radius 2 is 2.00 bits per heavy atom. The van der Waals surface area contributed by atoms with Gasteiger partial charge in [0.15, 0.2) is 0 Å². The highest BCUT2D eigenvalue weighted by molar-refractivity contribution is 5.84. The van der Waals surface area contributed by atoms with E-state index in [1.807, 2.05) is 0 Å². The summed E-state index contributed by atoms with van der Waals surface area (Å²) in [6.07, 6.45) is -1.24. The molecule has 0 aromatic carbocycles. The van der Waals surface area contributed by atoms with E-state index in [2.05, 4.69) is 10.1 Å². The molecule has 0 bridgehead atoms. The molecule has 0 heterocycles.